The fraction of sp³-hybridized carbons (Fsp3) is 0.417. The van der Waals surface area contributed by atoms with Gasteiger partial charge in [-0.15, -0.1) is 0 Å². The molecule has 2 rings (SSSR count). The predicted octanol–water partition coefficient (Wildman–Crippen LogP) is 2.36. The van der Waals surface area contributed by atoms with Gasteiger partial charge in [0, 0.05) is 6.04 Å². The van der Waals surface area contributed by atoms with E-state index in [1.165, 1.54) is 18.2 Å². The molecule has 1 fully saturated rings. The Morgan fingerprint density at radius 1 is 1.33 bits per heavy atom. The molecule has 1 aliphatic carbocycles. The molecule has 1 saturated carbocycles. The number of hydrogen-bond acceptors (Lipinski definition) is 2. The van der Waals surface area contributed by atoms with Gasteiger partial charge in [0.05, 0.1) is 5.56 Å². The first-order valence-electron chi connectivity index (χ1n) is 5.55. The number of alkyl halides is 3. The minimum Gasteiger partial charge on any atom is -0.483 e. The number of hydrogen-bond donors (Lipinski definition) is 1. The molecular formula is C12H12F3NO2. The Morgan fingerprint density at radius 2 is 2.00 bits per heavy atom. The lowest BCUT2D eigenvalue weighted by atomic mass is 10.2. The molecule has 1 amide bonds. The number of carbonyl (C=O) groups excluding carboxylic acids is 1. The van der Waals surface area contributed by atoms with Gasteiger partial charge in [-0.25, -0.2) is 0 Å². The summed E-state index contributed by atoms with van der Waals surface area (Å²) in [7, 11) is 0. The maximum atomic E-state index is 12.6. The molecular weight excluding hydrogens is 247 g/mol. The molecule has 0 aliphatic heterocycles. The van der Waals surface area contributed by atoms with Crippen LogP contribution in [0, 0.1) is 0 Å². The Kier molecular flexibility index (Phi) is 3.45. The van der Waals surface area contributed by atoms with Crippen LogP contribution in [0.2, 0.25) is 0 Å². The zero-order chi connectivity index (χ0) is 13.2. The van der Waals surface area contributed by atoms with Crippen LogP contribution in [0.5, 0.6) is 5.75 Å². The molecule has 1 aromatic rings. The van der Waals surface area contributed by atoms with Gasteiger partial charge in [0.2, 0.25) is 0 Å². The van der Waals surface area contributed by atoms with Crippen molar-refractivity contribution in [3.05, 3.63) is 29.8 Å². The number of benzene rings is 1. The number of carbonyl (C=O) groups is 1. The fourth-order valence-electron chi connectivity index (χ4n) is 1.47. The highest BCUT2D eigenvalue weighted by Crippen LogP contribution is 2.35. The van der Waals surface area contributed by atoms with Gasteiger partial charge in [-0.2, -0.15) is 13.2 Å². The summed E-state index contributed by atoms with van der Waals surface area (Å²) in [5.41, 5.74) is -0.871. The van der Waals surface area contributed by atoms with Crippen molar-refractivity contribution in [3.8, 4) is 5.75 Å². The van der Waals surface area contributed by atoms with E-state index in [1.807, 2.05) is 0 Å². The van der Waals surface area contributed by atoms with Gasteiger partial charge < -0.3 is 10.1 Å². The van der Waals surface area contributed by atoms with Crippen molar-refractivity contribution < 1.29 is 22.7 Å². The molecule has 0 bridgehead atoms. The quantitative estimate of drug-likeness (QED) is 0.901. The molecule has 0 radical (unpaired) electrons. The molecule has 1 aliphatic rings. The van der Waals surface area contributed by atoms with Crippen LogP contribution in [0.15, 0.2) is 24.3 Å². The van der Waals surface area contributed by atoms with Crippen LogP contribution in [-0.2, 0) is 11.0 Å². The van der Waals surface area contributed by atoms with Crippen molar-refractivity contribution in [2.24, 2.45) is 0 Å². The second kappa shape index (κ2) is 4.88. The molecule has 0 heterocycles. The Balaban J connectivity index is 1.97. The summed E-state index contributed by atoms with van der Waals surface area (Å²) in [6, 6.07) is 5.00. The van der Waals surface area contributed by atoms with Gasteiger partial charge in [0.15, 0.2) is 6.61 Å². The monoisotopic (exact) mass is 259 g/mol. The van der Waals surface area contributed by atoms with Crippen LogP contribution in [0.3, 0.4) is 0 Å². The van der Waals surface area contributed by atoms with Crippen LogP contribution in [-0.4, -0.2) is 18.6 Å². The number of ether oxygens (including phenoxy) is 1. The van der Waals surface area contributed by atoms with E-state index in [0.29, 0.717) is 0 Å². The van der Waals surface area contributed by atoms with E-state index >= 15 is 0 Å². The molecule has 1 aromatic carbocycles. The Hall–Kier alpha value is -1.72. The average molecular weight is 259 g/mol. The van der Waals surface area contributed by atoms with Gasteiger partial charge in [0.25, 0.3) is 5.91 Å². The lowest BCUT2D eigenvalue weighted by Gasteiger charge is -2.13. The molecule has 0 aromatic heterocycles. The van der Waals surface area contributed by atoms with E-state index < -0.39 is 24.3 Å². The standard InChI is InChI=1S/C12H12F3NO2/c13-12(14,15)9-3-1-2-4-10(9)18-7-11(17)16-8-5-6-8/h1-4,8H,5-7H2,(H,16,17). The molecule has 3 nitrogen and oxygen atoms in total. The highest BCUT2D eigenvalue weighted by atomic mass is 19.4. The third kappa shape index (κ3) is 3.38. The predicted molar refractivity (Wildman–Crippen MR) is 58.1 cm³/mol. The number of rotatable bonds is 4. The fourth-order valence-corrected chi connectivity index (χ4v) is 1.47. The van der Waals surface area contributed by atoms with E-state index in [-0.39, 0.29) is 11.8 Å². The number of nitrogens with one attached hydrogen (secondary N) is 1. The number of amides is 1. The third-order valence-electron chi connectivity index (χ3n) is 2.49. The summed E-state index contributed by atoms with van der Waals surface area (Å²) in [5.74, 6) is -0.717. The van der Waals surface area contributed by atoms with E-state index in [1.54, 1.807) is 0 Å². The van der Waals surface area contributed by atoms with Crippen LogP contribution in [0.1, 0.15) is 18.4 Å². The molecule has 0 spiro atoms. The first kappa shape index (κ1) is 12.7. The van der Waals surface area contributed by atoms with Crippen LogP contribution >= 0.6 is 0 Å². The average Bonchev–Trinajstić information content (AvgIpc) is 3.09. The molecule has 6 heteroatoms. The summed E-state index contributed by atoms with van der Waals surface area (Å²) >= 11 is 0. The lowest BCUT2D eigenvalue weighted by molar-refractivity contribution is -0.139. The number of para-hydroxylation sites is 1. The van der Waals surface area contributed by atoms with Crippen molar-refractivity contribution >= 4 is 5.91 Å². The van der Waals surface area contributed by atoms with E-state index in [9.17, 15) is 18.0 Å². The van der Waals surface area contributed by atoms with Gasteiger partial charge in [-0.3, -0.25) is 4.79 Å². The van der Waals surface area contributed by atoms with Gasteiger partial charge in [-0.1, -0.05) is 12.1 Å². The van der Waals surface area contributed by atoms with Crippen molar-refractivity contribution in [1.82, 2.24) is 5.32 Å². The van der Waals surface area contributed by atoms with E-state index in [0.717, 1.165) is 18.9 Å². The van der Waals surface area contributed by atoms with Crippen molar-refractivity contribution in [2.45, 2.75) is 25.1 Å². The largest absolute Gasteiger partial charge is 0.483 e. The Labute approximate surface area is 102 Å². The Morgan fingerprint density at radius 3 is 2.61 bits per heavy atom. The molecule has 0 saturated heterocycles. The minimum atomic E-state index is -4.48. The SMILES string of the molecule is O=C(COc1ccccc1C(F)(F)F)NC1CC1. The van der Waals surface area contributed by atoms with E-state index in [4.69, 9.17) is 4.74 Å². The minimum absolute atomic E-state index is 0.166. The van der Waals surface area contributed by atoms with Gasteiger partial charge in [-0.05, 0) is 25.0 Å². The maximum absolute atomic E-state index is 12.6. The zero-order valence-electron chi connectivity index (χ0n) is 9.46. The topological polar surface area (TPSA) is 38.3 Å². The number of halogens is 3. The van der Waals surface area contributed by atoms with Crippen LogP contribution in [0.25, 0.3) is 0 Å². The van der Waals surface area contributed by atoms with Crippen LogP contribution in [0.4, 0.5) is 13.2 Å². The lowest BCUT2D eigenvalue weighted by Crippen LogP contribution is -2.30. The highest BCUT2D eigenvalue weighted by Gasteiger charge is 2.34. The molecule has 0 atom stereocenters. The smallest absolute Gasteiger partial charge is 0.419 e. The third-order valence-corrected chi connectivity index (χ3v) is 2.49. The molecule has 98 valence electrons. The first-order valence-corrected chi connectivity index (χ1v) is 5.55. The summed E-state index contributed by atoms with van der Waals surface area (Å²) in [5, 5.41) is 2.64. The van der Waals surface area contributed by atoms with Crippen molar-refractivity contribution in [2.75, 3.05) is 6.61 Å². The second-order valence-electron chi connectivity index (χ2n) is 4.12. The summed E-state index contributed by atoms with van der Waals surface area (Å²) in [6.45, 7) is -0.399. The van der Waals surface area contributed by atoms with Crippen molar-refractivity contribution in [3.63, 3.8) is 0 Å². The zero-order valence-corrected chi connectivity index (χ0v) is 9.46. The maximum Gasteiger partial charge on any atom is 0.419 e. The van der Waals surface area contributed by atoms with Gasteiger partial charge in [0.1, 0.15) is 5.75 Å². The molecule has 18 heavy (non-hydrogen) atoms. The van der Waals surface area contributed by atoms with Crippen molar-refractivity contribution in [1.29, 1.82) is 0 Å². The first-order chi connectivity index (χ1) is 8.47. The second-order valence-corrected chi connectivity index (χ2v) is 4.12. The van der Waals surface area contributed by atoms with E-state index in [2.05, 4.69) is 5.32 Å². The normalized spacial score (nSPS) is 15.3. The Bertz CT molecular complexity index is 441. The highest BCUT2D eigenvalue weighted by molar-refractivity contribution is 5.78. The van der Waals surface area contributed by atoms with Gasteiger partial charge >= 0.3 is 6.18 Å². The molecule has 0 unspecified atom stereocenters. The summed E-state index contributed by atoms with van der Waals surface area (Å²) in [4.78, 5) is 11.3. The van der Waals surface area contributed by atoms with Crippen LogP contribution < -0.4 is 10.1 Å². The summed E-state index contributed by atoms with van der Waals surface area (Å²) in [6.07, 6.45) is -2.64. The molecule has 1 N–H and O–H groups in total. The summed E-state index contributed by atoms with van der Waals surface area (Å²) < 4.78 is 42.8.